The predicted octanol–water partition coefficient (Wildman–Crippen LogP) is 1.90. The van der Waals surface area contributed by atoms with E-state index in [1.165, 1.54) is 0 Å². The van der Waals surface area contributed by atoms with Crippen molar-refractivity contribution in [3.63, 3.8) is 0 Å². The Kier molecular flexibility index (Phi) is 3.99. The second-order valence-electron chi connectivity index (χ2n) is 4.35. The maximum Gasteiger partial charge on any atom is 0.154 e. The molecule has 0 saturated carbocycles. The average molecular weight is 297 g/mol. The summed E-state index contributed by atoms with van der Waals surface area (Å²) < 4.78 is 37.8. The van der Waals surface area contributed by atoms with Crippen LogP contribution in [0, 0.1) is 0 Å². The van der Waals surface area contributed by atoms with Gasteiger partial charge in [0.25, 0.3) is 0 Å². The van der Waals surface area contributed by atoms with Crippen molar-refractivity contribution in [2.45, 2.75) is 5.75 Å². The fourth-order valence-electron chi connectivity index (χ4n) is 1.73. The molecule has 0 spiro atoms. The molecule has 0 bridgehead atoms. The van der Waals surface area contributed by atoms with Crippen LogP contribution < -0.4 is 9.47 Å². The van der Waals surface area contributed by atoms with Crippen LogP contribution in [0.2, 0.25) is 0 Å². The van der Waals surface area contributed by atoms with Gasteiger partial charge in [0.1, 0.15) is 22.9 Å². The van der Waals surface area contributed by atoms with Crippen molar-refractivity contribution < 1.29 is 22.4 Å². The maximum atomic E-state index is 11.2. The van der Waals surface area contributed by atoms with Gasteiger partial charge in [0.2, 0.25) is 0 Å². The Bertz CT molecular complexity index is 683. The normalized spacial score (nSPS) is 11.3. The van der Waals surface area contributed by atoms with E-state index in [9.17, 15) is 8.42 Å². The van der Waals surface area contributed by atoms with Gasteiger partial charge in [-0.1, -0.05) is 5.16 Å². The number of benzene rings is 1. The number of hydrogen-bond acceptors (Lipinski definition) is 6. The molecule has 1 heterocycles. The predicted molar refractivity (Wildman–Crippen MR) is 73.6 cm³/mol. The van der Waals surface area contributed by atoms with Gasteiger partial charge in [-0.05, 0) is 12.1 Å². The Hall–Kier alpha value is -2.02. The van der Waals surface area contributed by atoms with Gasteiger partial charge in [0, 0.05) is 24.0 Å². The number of aromatic nitrogens is 1. The van der Waals surface area contributed by atoms with Gasteiger partial charge in [-0.3, -0.25) is 0 Å². The van der Waals surface area contributed by atoms with Crippen molar-refractivity contribution in [3.05, 3.63) is 30.0 Å². The highest BCUT2D eigenvalue weighted by Crippen LogP contribution is 2.29. The molecule has 2 rings (SSSR count). The van der Waals surface area contributed by atoms with Crippen LogP contribution in [0.1, 0.15) is 5.76 Å². The number of hydrogen-bond donors (Lipinski definition) is 0. The summed E-state index contributed by atoms with van der Waals surface area (Å²) in [6.07, 6.45) is 1.14. The smallest absolute Gasteiger partial charge is 0.154 e. The third kappa shape index (κ3) is 3.51. The summed E-state index contributed by atoms with van der Waals surface area (Å²) in [6.45, 7) is 0. The highest BCUT2D eigenvalue weighted by molar-refractivity contribution is 7.89. The third-order valence-corrected chi connectivity index (χ3v) is 3.42. The largest absolute Gasteiger partial charge is 0.497 e. The Balaban J connectivity index is 2.36. The molecule has 0 amide bonds. The zero-order valence-corrected chi connectivity index (χ0v) is 12.2. The van der Waals surface area contributed by atoms with E-state index in [-0.39, 0.29) is 5.75 Å². The Morgan fingerprint density at radius 1 is 1.10 bits per heavy atom. The Morgan fingerprint density at radius 3 is 2.20 bits per heavy atom. The van der Waals surface area contributed by atoms with E-state index in [1.54, 1.807) is 38.5 Å². The van der Waals surface area contributed by atoms with E-state index in [0.717, 1.165) is 11.8 Å². The van der Waals surface area contributed by atoms with E-state index in [1.807, 2.05) is 0 Å². The van der Waals surface area contributed by atoms with Crippen LogP contribution in [0.15, 0.2) is 28.8 Å². The van der Waals surface area contributed by atoms with E-state index >= 15 is 0 Å². The number of sulfone groups is 1. The molecular weight excluding hydrogens is 282 g/mol. The zero-order chi connectivity index (χ0) is 14.8. The lowest BCUT2D eigenvalue weighted by Crippen LogP contribution is -1.98. The van der Waals surface area contributed by atoms with Gasteiger partial charge in [-0.2, -0.15) is 0 Å². The van der Waals surface area contributed by atoms with E-state index in [0.29, 0.717) is 23.0 Å². The van der Waals surface area contributed by atoms with Crippen molar-refractivity contribution >= 4 is 9.84 Å². The fraction of sp³-hybridized carbons (Fsp3) is 0.308. The second-order valence-corrected chi connectivity index (χ2v) is 6.49. The molecule has 108 valence electrons. The lowest BCUT2D eigenvalue weighted by molar-refractivity contribution is 0.392. The summed E-state index contributed by atoms with van der Waals surface area (Å²) in [4.78, 5) is 0. The third-order valence-electron chi connectivity index (χ3n) is 2.61. The first-order valence-corrected chi connectivity index (χ1v) is 7.84. The quantitative estimate of drug-likeness (QED) is 0.838. The number of nitrogens with zero attached hydrogens (tertiary/aromatic N) is 1. The highest BCUT2D eigenvalue weighted by Gasteiger charge is 2.13. The molecule has 1 aromatic carbocycles. The summed E-state index contributed by atoms with van der Waals surface area (Å²) in [6, 6.07) is 6.87. The van der Waals surface area contributed by atoms with E-state index in [4.69, 9.17) is 14.0 Å². The first-order valence-electron chi connectivity index (χ1n) is 5.78. The minimum Gasteiger partial charge on any atom is -0.497 e. The van der Waals surface area contributed by atoms with Crippen molar-refractivity contribution in [2.75, 3.05) is 20.5 Å². The molecule has 7 heteroatoms. The second kappa shape index (κ2) is 5.54. The SMILES string of the molecule is COc1cc(OC)cc(-c2cc(CS(C)(=O)=O)on2)c1. The van der Waals surface area contributed by atoms with Gasteiger partial charge in [0.05, 0.1) is 14.2 Å². The molecule has 0 aliphatic carbocycles. The molecule has 0 fully saturated rings. The molecule has 2 aromatic rings. The van der Waals surface area contributed by atoms with Crippen molar-refractivity contribution in [1.82, 2.24) is 5.16 Å². The molecule has 0 radical (unpaired) electrons. The Labute approximate surface area is 117 Å². The minimum atomic E-state index is -3.15. The summed E-state index contributed by atoms with van der Waals surface area (Å²) >= 11 is 0. The van der Waals surface area contributed by atoms with Gasteiger partial charge in [0.15, 0.2) is 15.6 Å². The minimum absolute atomic E-state index is 0.179. The summed E-state index contributed by atoms with van der Waals surface area (Å²) in [7, 11) is -0.0508. The number of ether oxygens (including phenoxy) is 2. The molecule has 20 heavy (non-hydrogen) atoms. The van der Waals surface area contributed by atoms with Crippen molar-refractivity contribution in [3.8, 4) is 22.8 Å². The van der Waals surface area contributed by atoms with Crippen molar-refractivity contribution in [2.24, 2.45) is 0 Å². The maximum absolute atomic E-state index is 11.2. The molecule has 0 saturated heterocycles. The van der Waals surface area contributed by atoms with Crippen molar-refractivity contribution in [1.29, 1.82) is 0 Å². The molecule has 6 nitrogen and oxygen atoms in total. The monoisotopic (exact) mass is 297 g/mol. The van der Waals surface area contributed by atoms with Crippen LogP contribution in [0.4, 0.5) is 0 Å². The molecule has 0 N–H and O–H groups in total. The molecular formula is C13H15NO5S. The topological polar surface area (TPSA) is 78.6 Å². The molecule has 0 aliphatic heterocycles. The molecule has 1 aromatic heterocycles. The lowest BCUT2D eigenvalue weighted by Gasteiger charge is -2.06. The summed E-state index contributed by atoms with van der Waals surface area (Å²) in [5.41, 5.74) is 1.26. The number of methoxy groups -OCH3 is 2. The molecule has 0 unspecified atom stereocenters. The summed E-state index contributed by atoms with van der Waals surface area (Å²) in [5, 5.41) is 3.87. The van der Waals surface area contributed by atoms with Crippen LogP contribution in [-0.2, 0) is 15.6 Å². The summed E-state index contributed by atoms with van der Waals surface area (Å²) in [5.74, 6) is 1.35. The van der Waals surface area contributed by atoms with E-state index < -0.39 is 9.84 Å². The van der Waals surface area contributed by atoms with Gasteiger partial charge < -0.3 is 14.0 Å². The zero-order valence-electron chi connectivity index (χ0n) is 11.4. The number of rotatable bonds is 5. The van der Waals surface area contributed by atoms with E-state index in [2.05, 4.69) is 5.16 Å². The standard InChI is InChI=1S/C13H15NO5S/c1-17-10-4-9(5-11(6-10)18-2)13-7-12(19-14-13)8-20(3,15)16/h4-7H,8H2,1-3H3. The highest BCUT2D eigenvalue weighted by atomic mass is 32.2. The molecule has 0 aliphatic rings. The van der Waals surface area contributed by atoms with Crippen LogP contribution in [0.5, 0.6) is 11.5 Å². The van der Waals surface area contributed by atoms with Gasteiger partial charge in [-0.25, -0.2) is 8.42 Å². The average Bonchev–Trinajstić information content (AvgIpc) is 2.84. The Morgan fingerprint density at radius 2 is 1.70 bits per heavy atom. The molecule has 0 atom stereocenters. The van der Waals surface area contributed by atoms with Gasteiger partial charge in [-0.15, -0.1) is 0 Å². The van der Waals surface area contributed by atoms with Crippen LogP contribution in [-0.4, -0.2) is 34.0 Å². The van der Waals surface area contributed by atoms with Crippen LogP contribution in [0.3, 0.4) is 0 Å². The van der Waals surface area contributed by atoms with Crippen LogP contribution >= 0.6 is 0 Å². The van der Waals surface area contributed by atoms with Gasteiger partial charge >= 0.3 is 0 Å². The fourth-order valence-corrected chi connectivity index (χ4v) is 2.38. The van der Waals surface area contributed by atoms with Crippen LogP contribution in [0.25, 0.3) is 11.3 Å². The lowest BCUT2D eigenvalue weighted by atomic mass is 10.1. The first-order chi connectivity index (χ1) is 9.41. The first kappa shape index (κ1) is 14.4.